The number of pyridine rings is 1. The molecule has 1 heterocycles. The predicted molar refractivity (Wildman–Crippen MR) is 75.4 cm³/mol. The van der Waals surface area contributed by atoms with Crippen LogP contribution in [0.15, 0.2) is 29.1 Å². The summed E-state index contributed by atoms with van der Waals surface area (Å²) in [5.41, 5.74) is 4.72. The molecule has 1 aromatic heterocycles. The fraction of sp³-hybridized carbons (Fsp3) is 0.214. The van der Waals surface area contributed by atoms with Crippen LogP contribution in [0.2, 0.25) is 0 Å². The summed E-state index contributed by atoms with van der Waals surface area (Å²) < 4.78 is 11.0. The van der Waals surface area contributed by atoms with Crippen LogP contribution in [0.1, 0.15) is 17.3 Å². The molecular formula is C14H14N2O5. The Bertz CT molecular complexity index is 779. The molecular weight excluding hydrogens is 276 g/mol. The molecule has 2 aromatic rings. The Kier molecular flexibility index (Phi) is 3.93. The first-order chi connectivity index (χ1) is 9.97. The number of rotatable bonds is 3. The van der Waals surface area contributed by atoms with E-state index >= 15 is 0 Å². The van der Waals surface area contributed by atoms with Gasteiger partial charge in [-0.25, -0.2) is 4.79 Å². The standard InChI is InChI=1S/C14H14N2O5/c1-3-20-14(19)21-11-8-6-4-5-7-9(8)16(2)13(18)10(11)12(15)17/h4-7H,3H2,1-2H3,(H2,15,17). The average molecular weight is 290 g/mol. The lowest BCUT2D eigenvalue weighted by molar-refractivity contribution is 0.0978. The number of aryl methyl sites for hydroxylation is 1. The summed E-state index contributed by atoms with van der Waals surface area (Å²) in [7, 11) is 1.51. The lowest BCUT2D eigenvalue weighted by atomic mass is 10.1. The third-order valence-electron chi connectivity index (χ3n) is 2.95. The van der Waals surface area contributed by atoms with E-state index in [1.807, 2.05) is 0 Å². The molecule has 0 aliphatic heterocycles. The quantitative estimate of drug-likeness (QED) is 0.855. The molecule has 0 spiro atoms. The first-order valence-corrected chi connectivity index (χ1v) is 6.23. The Balaban J connectivity index is 2.78. The van der Waals surface area contributed by atoms with Crippen LogP contribution in [0.4, 0.5) is 4.79 Å². The Morgan fingerprint density at radius 2 is 1.95 bits per heavy atom. The van der Waals surface area contributed by atoms with E-state index in [9.17, 15) is 14.4 Å². The largest absolute Gasteiger partial charge is 0.513 e. The summed E-state index contributed by atoms with van der Waals surface area (Å²) >= 11 is 0. The highest BCUT2D eigenvalue weighted by molar-refractivity contribution is 6.02. The van der Waals surface area contributed by atoms with Gasteiger partial charge in [0.1, 0.15) is 5.56 Å². The van der Waals surface area contributed by atoms with Crippen molar-refractivity contribution in [1.82, 2.24) is 4.57 Å². The Morgan fingerprint density at radius 1 is 1.29 bits per heavy atom. The number of benzene rings is 1. The monoisotopic (exact) mass is 290 g/mol. The predicted octanol–water partition coefficient (Wildman–Crippen LogP) is 1.17. The van der Waals surface area contributed by atoms with Crippen LogP contribution in [0.3, 0.4) is 0 Å². The van der Waals surface area contributed by atoms with Gasteiger partial charge in [-0.15, -0.1) is 0 Å². The molecule has 2 rings (SSSR count). The van der Waals surface area contributed by atoms with Crippen molar-refractivity contribution in [3.8, 4) is 5.75 Å². The highest BCUT2D eigenvalue weighted by Crippen LogP contribution is 2.27. The first kappa shape index (κ1) is 14.6. The SMILES string of the molecule is CCOC(=O)Oc1c(C(N)=O)c(=O)n(C)c2ccccc12. The van der Waals surface area contributed by atoms with Crippen molar-refractivity contribution in [3.63, 3.8) is 0 Å². The normalized spacial score (nSPS) is 10.4. The zero-order chi connectivity index (χ0) is 15.6. The van der Waals surface area contributed by atoms with Crippen molar-refractivity contribution >= 4 is 23.0 Å². The number of nitrogens with zero attached hydrogens (tertiary/aromatic N) is 1. The molecule has 0 saturated carbocycles. The molecule has 0 bridgehead atoms. The lowest BCUT2D eigenvalue weighted by Gasteiger charge is -2.13. The van der Waals surface area contributed by atoms with Gasteiger partial charge in [-0.3, -0.25) is 9.59 Å². The molecule has 0 aliphatic carbocycles. The van der Waals surface area contributed by atoms with Crippen LogP contribution in [-0.2, 0) is 11.8 Å². The van der Waals surface area contributed by atoms with Crippen molar-refractivity contribution < 1.29 is 19.1 Å². The van der Waals surface area contributed by atoms with Gasteiger partial charge in [-0.1, -0.05) is 12.1 Å². The summed E-state index contributed by atoms with van der Waals surface area (Å²) in [5, 5.41) is 0.418. The van der Waals surface area contributed by atoms with E-state index in [0.29, 0.717) is 10.9 Å². The third kappa shape index (κ3) is 2.58. The van der Waals surface area contributed by atoms with Crippen molar-refractivity contribution in [2.45, 2.75) is 6.92 Å². The maximum atomic E-state index is 12.2. The third-order valence-corrected chi connectivity index (χ3v) is 2.95. The smallest absolute Gasteiger partial charge is 0.434 e. The molecule has 110 valence electrons. The second-order valence-electron chi connectivity index (χ2n) is 4.23. The molecule has 1 amide bonds. The van der Waals surface area contributed by atoms with Crippen molar-refractivity contribution in [1.29, 1.82) is 0 Å². The number of aromatic nitrogens is 1. The van der Waals surface area contributed by atoms with Gasteiger partial charge in [0.2, 0.25) is 0 Å². The Hall–Kier alpha value is -2.83. The summed E-state index contributed by atoms with van der Waals surface area (Å²) in [4.78, 5) is 35.3. The summed E-state index contributed by atoms with van der Waals surface area (Å²) in [6.07, 6.45) is -1.00. The van der Waals surface area contributed by atoms with Gasteiger partial charge in [0.05, 0.1) is 12.1 Å². The van der Waals surface area contributed by atoms with E-state index in [4.69, 9.17) is 10.5 Å². The minimum Gasteiger partial charge on any atom is -0.434 e. The summed E-state index contributed by atoms with van der Waals surface area (Å²) in [6.45, 7) is 1.71. The number of ether oxygens (including phenoxy) is 2. The van der Waals surface area contributed by atoms with Gasteiger partial charge in [0.25, 0.3) is 11.5 Å². The van der Waals surface area contributed by atoms with Crippen molar-refractivity contribution in [2.75, 3.05) is 6.61 Å². The number of fused-ring (bicyclic) bond motifs is 1. The molecule has 0 aliphatic rings. The molecule has 0 radical (unpaired) electrons. The van der Waals surface area contributed by atoms with E-state index in [1.54, 1.807) is 31.2 Å². The topological polar surface area (TPSA) is 101 Å². The number of carbonyl (C=O) groups excluding carboxylic acids is 2. The number of nitrogens with two attached hydrogens (primary N) is 1. The van der Waals surface area contributed by atoms with Crippen LogP contribution < -0.4 is 16.0 Å². The van der Waals surface area contributed by atoms with Gasteiger partial charge in [-0.05, 0) is 19.1 Å². The van der Waals surface area contributed by atoms with Crippen LogP contribution in [-0.4, -0.2) is 23.2 Å². The molecule has 7 heteroatoms. The highest BCUT2D eigenvalue weighted by atomic mass is 16.7. The van der Waals surface area contributed by atoms with Gasteiger partial charge < -0.3 is 19.8 Å². The number of amides is 1. The van der Waals surface area contributed by atoms with Crippen LogP contribution >= 0.6 is 0 Å². The van der Waals surface area contributed by atoms with E-state index < -0.39 is 17.6 Å². The summed E-state index contributed by atoms with van der Waals surface area (Å²) in [6, 6.07) is 6.70. The number of carbonyl (C=O) groups is 2. The van der Waals surface area contributed by atoms with Crippen LogP contribution in [0, 0.1) is 0 Å². The maximum Gasteiger partial charge on any atom is 0.513 e. The second-order valence-corrected chi connectivity index (χ2v) is 4.23. The molecule has 0 saturated heterocycles. The molecule has 0 unspecified atom stereocenters. The molecule has 2 N–H and O–H groups in total. The molecule has 21 heavy (non-hydrogen) atoms. The van der Waals surface area contributed by atoms with Gasteiger partial charge in [0.15, 0.2) is 5.75 Å². The number of para-hydroxylation sites is 1. The van der Waals surface area contributed by atoms with Crippen molar-refractivity contribution in [2.24, 2.45) is 12.8 Å². The number of primary amides is 1. The molecule has 0 atom stereocenters. The minimum atomic E-state index is -1.00. The molecule has 1 aromatic carbocycles. The Morgan fingerprint density at radius 3 is 2.57 bits per heavy atom. The number of hydrogen-bond donors (Lipinski definition) is 1. The Labute approximate surface area is 119 Å². The average Bonchev–Trinajstić information content (AvgIpc) is 2.44. The fourth-order valence-electron chi connectivity index (χ4n) is 2.02. The zero-order valence-corrected chi connectivity index (χ0v) is 11.6. The molecule has 0 fully saturated rings. The lowest BCUT2D eigenvalue weighted by Crippen LogP contribution is -2.30. The van der Waals surface area contributed by atoms with Crippen LogP contribution in [0.25, 0.3) is 10.9 Å². The summed E-state index contributed by atoms with van der Waals surface area (Å²) in [5.74, 6) is -1.15. The van der Waals surface area contributed by atoms with E-state index in [0.717, 1.165) is 0 Å². The van der Waals surface area contributed by atoms with E-state index in [2.05, 4.69) is 4.74 Å². The van der Waals surface area contributed by atoms with Crippen LogP contribution in [0.5, 0.6) is 5.75 Å². The number of hydrogen-bond acceptors (Lipinski definition) is 5. The second kappa shape index (κ2) is 5.66. The fourth-order valence-corrected chi connectivity index (χ4v) is 2.02. The van der Waals surface area contributed by atoms with E-state index in [-0.39, 0.29) is 17.9 Å². The van der Waals surface area contributed by atoms with Gasteiger partial charge >= 0.3 is 6.16 Å². The van der Waals surface area contributed by atoms with Gasteiger partial charge in [0, 0.05) is 12.4 Å². The van der Waals surface area contributed by atoms with Crippen molar-refractivity contribution in [3.05, 3.63) is 40.2 Å². The minimum absolute atomic E-state index is 0.105. The maximum absolute atomic E-state index is 12.2. The highest BCUT2D eigenvalue weighted by Gasteiger charge is 2.23. The zero-order valence-electron chi connectivity index (χ0n) is 11.6. The van der Waals surface area contributed by atoms with Gasteiger partial charge in [-0.2, -0.15) is 0 Å². The van der Waals surface area contributed by atoms with E-state index in [1.165, 1.54) is 11.6 Å². The first-order valence-electron chi connectivity index (χ1n) is 6.23. The molecule has 7 nitrogen and oxygen atoms in total.